The Morgan fingerprint density at radius 1 is 0.432 bits per heavy atom. The summed E-state index contributed by atoms with van der Waals surface area (Å²) in [5.41, 5.74) is 3.06. The molecule has 3 atom stereocenters. The van der Waals surface area contributed by atoms with Gasteiger partial charge in [-0.15, -0.1) is 34.0 Å². The molecule has 4 aliphatic rings. The smallest absolute Gasteiger partial charge is 0.318 e. The Labute approximate surface area is 709 Å². The van der Waals surface area contributed by atoms with Gasteiger partial charge in [-0.25, -0.2) is 65.5 Å². The Hall–Kier alpha value is -8.85. The van der Waals surface area contributed by atoms with Crippen molar-refractivity contribution in [2.75, 3.05) is 106 Å². The van der Waals surface area contributed by atoms with E-state index < -0.39 is 115 Å². The number of carbonyl (C=O) groups excluding carboxylic acids is 3. The molecule has 0 unspecified atom stereocenters. The van der Waals surface area contributed by atoms with Gasteiger partial charge in [0.25, 0.3) is 0 Å². The normalized spacial score (nSPS) is 17.4. The van der Waals surface area contributed by atoms with Crippen molar-refractivity contribution < 1.29 is 89.4 Å². The van der Waals surface area contributed by atoms with Gasteiger partial charge >= 0.3 is 11.9 Å². The third kappa shape index (κ3) is 22.6. The van der Waals surface area contributed by atoms with E-state index in [1.54, 1.807) is 121 Å². The van der Waals surface area contributed by atoms with Gasteiger partial charge in [0.05, 0.1) is 40.9 Å². The maximum absolute atomic E-state index is 13.7. The van der Waals surface area contributed by atoms with E-state index in [0.717, 1.165) is 57.7 Å². The highest BCUT2D eigenvalue weighted by molar-refractivity contribution is 7.93. The van der Waals surface area contributed by atoms with Crippen molar-refractivity contribution >= 4 is 194 Å². The van der Waals surface area contributed by atoms with E-state index in [9.17, 15) is 84.7 Å². The minimum atomic E-state index is -4.28. The van der Waals surface area contributed by atoms with Crippen LogP contribution in [0.1, 0.15) is 33.9 Å². The molecule has 624 valence electrons. The Kier molecular flexibility index (Phi) is 29.2. The number of hydrogen-bond donors (Lipinski definition) is 2. The number of pyridine rings is 3. The van der Waals surface area contributed by atoms with Gasteiger partial charge in [0.1, 0.15) is 48.7 Å². The number of thiophene rings is 3. The summed E-state index contributed by atoms with van der Waals surface area (Å²) < 4.78 is 162. The monoisotopic (exact) mass is 1840 g/mol. The molecule has 6 aromatic heterocycles. The number of sulfone groups is 3. The first-order valence-corrected chi connectivity index (χ1v) is 49.3. The highest BCUT2D eigenvalue weighted by atomic mass is 35.5. The van der Waals surface area contributed by atoms with Crippen LogP contribution in [0.15, 0.2) is 195 Å². The minimum absolute atomic E-state index is 0.0599. The van der Waals surface area contributed by atoms with Gasteiger partial charge in [-0.05, 0) is 128 Å². The average molecular weight is 1840 g/mol. The predicted molar refractivity (Wildman–Crippen MR) is 455 cm³/mol. The zero-order chi connectivity index (χ0) is 85.2. The SMILES string of the molecule is CS(=O)(=O)c1ccccc1-c1ccc(N2CC[C@H](N(CC(=O)O)S(=O)(=O)/C=C/c3ccc(Cl)s3)C2=O)nc1.CS(=O)(=O)c1ccccc1-c1ccc(N2CC[C@H](N(CC(=O)O)S(=O)(=O)/C=C/c3ccc(Cl)s3)C2=O)nc1.CS(=O)(=O)c1ccccc1-c1ccc(N2CC[C@H](N(CCN3CCOCC3)S(=O)(=O)/C=C/c3ccc(Cl)s3)C2=O)nc1. The minimum Gasteiger partial charge on any atom is -0.480 e. The lowest BCUT2D eigenvalue weighted by Gasteiger charge is -2.31. The van der Waals surface area contributed by atoms with Gasteiger partial charge in [0.15, 0.2) is 29.5 Å². The standard InChI is InChI=1S/C28H31ClN4O6S3.2C24H22ClN3O7S3/c1-41(35,36)25-5-3-2-4-23(25)21-6-9-27(30-20-21)32-12-10-24(28(32)34)33(14-13-31-15-17-39-18-16-31)42(37,38)19-11-22-7-8-26(29)40-22;2*1-37(32,33)20-5-3-2-4-18(20)16-6-9-22(26-14-16)27-12-10-19(24(27)31)28(15-23(29)30)38(34,35)13-11-17-7-8-21(25)36-17/h2-9,11,19-20,24H,10,12-18H2,1H3;2*2-9,11,13-14,19H,10,12,15H2,1H3,(H,29,30)/b19-11+;2*13-11+/t24-;2*19-/m000/s1. The second-order valence-corrected chi connectivity index (χ2v) is 43.3. The van der Waals surface area contributed by atoms with Crippen LogP contribution in [-0.2, 0) is 88.3 Å². The number of carboxylic acids is 2. The molecular formula is C76H75Cl3N10O20S9. The Bertz CT molecular complexity index is 5830. The van der Waals surface area contributed by atoms with Crippen LogP contribution in [0.25, 0.3) is 51.6 Å². The number of benzene rings is 3. The first kappa shape index (κ1) is 89.9. The second-order valence-electron chi connectivity index (χ2n) is 26.8. The Morgan fingerprint density at radius 2 is 0.729 bits per heavy atom. The van der Waals surface area contributed by atoms with Gasteiger partial charge in [-0.2, -0.15) is 12.9 Å². The Morgan fingerprint density at radius 3 is 1.00 bits per heavy atom. The first-order valence-electron chi connectivity index (χ1n) is 35.6. The average Bonchev–Trinajstić information content (AvgIpc) is 1.65. The maximum atomic E-state index is 13.7. The summed E-state index contributed by atoms with van der Waals surface area (Å²) in [5.74, 6) is -3.55. The number of amides is 3. The van der Waals surface area contributed by atoms with Gasteiger partial charge in [-0.3, -0.25) is 43.6 Å². The third-order valence-electron chi connectivity index (χ3n) is 18.7. The van der Waals surface area contributed by atoms with Gasteiger partial charge in [0.2, 0.25) is 47.8 Å². The number of anilines is 3. The number of rotatable bonds is 28. The van der Waals surface area contributed by atoms with E-state index in [-0.39, 0.29) is 64.7 Å². The molecule has 3 amide bonds. The summed E-state index contributed by atoms with van der Waals surface area (Å²) >= 11 is 21.3. The summed E-state index contributed by atoms with van der Waals surface area (Å²) in [6, 6.07) is 35.8. The lowest BCUT2D eigenvalue weighted by molar-refractivity contribution is -0.139. The van der Waals surface area contributed by atoms with Crippen LogP contribution >= 0.6 is 68.8 Å². The number of carbonyl (C=O) groups is 5. The number of carboxylic acid groups (broad SMARTS) is 2. The second kappa shape index (κ2) is 38.3. The molecule has 2 N–H and O–H groups in total. The zero-order valence-corrected chi connectivity index (χ0v) is 72.3. The summed E-state index contributed by atoms with van der Waals surface area (Å²) in [7, 11) is -23.0. The first-order chi connectivity index (χ1) is 55.8. The molecule has 4 saturated heterocycles. The molecule has 10 heterocycles. The fourth-order valence-corrected chi connectivity index (χ4v) is 23.0. The van der Waals surface area contributed by atoms with E-state index in [2.05, 4.69) is 19.9 Å². The molecule has 0 radical (unpaired) electrons. The lowest BCUT2D eigenvalue weighted by atomic mass is 10.1. The summed E-state index contributed by atoms with van der Waals surface area (Å²) in [6.45, 7) is 1.92. The lowest BCUT2D eigenvalue weighted by Crippen LogP contribution is -2.49. The summed E-state index contributed by atoms with van der Waals surface area (Å²) in [4.78, 5) is 84.7. The fraction of sp³-hybridized carbons (Fsp3) is 0.263. The van der Waals surface area contributed by atoms with Gasteiger partial charge in [-0.1, -0.05) is 89.4 Å². The van der Waals surface area contributed by atoms with E-state index >= 15 is 0 Å². The molecule has 3 aromatic carbocycles. The number of ether oxygens (including phenoxy) is 1. The number of nitrogens with zero attached hydrogens (tertiary/aromatic N) is 10. The highest BCUT2D eigenvalue weighted by Crippen LogP contribution is 2.36. The van der Waals surface area contributed by atoms with Gasteiger partial charge < -0.3 is 14.9 Å². The highest BCUT2D eigenvalue weighted by Gasteiger charge is 2.46. The predicted octanol–water partition coefficient (Wildman–Crippen LogP) is 10.3. The van der Waals surface area contributed by atoms with Crippen molar-refractivity contribution in [3.8, 4) is 33.4 Å². The summed E-state index contributed by atoms with van der Waals surface area (Å²) in [5, 5.41) is 21.6. The molecule has 4 aliphatic heterocycles. The number of hydrogen-bond acceptors (Lipinski definition) is 25. The van der Waals surface area contributed by atoms with Crippen molar-refractivity contribution in [3.63, 3.8) is 0 Å². The van der Waals surface area contributed by atoms with Gasteiger partial charge in [0, 0.05) is 147 Å². The molecule has 0 saturated carbocycles. The van der Waals surface area contributed by atoms with Crippen LogP contribution < -0.4 is 14.7 Å². The third-order valence-corrected chi connectivity index (χ3v) is 30.4. The molecule has 30 nitrogen and oxygen atoms in total. The Balaban J connectivity index is 0.000000174. The van der Waals surface area contributed by atoms with Crippen LogP contribution in [0, 0.1) is 0 Å². The molecule has 4 fully saturated rings. The molecular weight excluding hydrogens is 1770 g/mol. The van der Waals surface area contributed by atoms with Crippen molar-refractivity contribution in [2.24, 2.45) is 0 Å². The molecule has 0 spiro atoms. The van der Waals surface area contributed by atoms with Crippen LogP contribution in [0.2, 0.25) is 13.0 Å². The molecule has 0 bridgehead atoms. The molecule has 42 heteroatoms. The van der Waals surface area contributed by atoms with Crippen LogP contribution in [0.4, 0.5) is 17.5 Å². The molecule has 9 aromatic rings. The molecule has 13 rings (SSSR count). The number of aliphatic carboxylic acids is 2. The number of halogens is 3. The van der Waals surface area contributed by atoms with E-state index in [1.807, 2.05) is 0 Å². The summed E-state index contributed by atoms with van der Waals surface area (Å²) in [6.07, 6.45) is 12.3. The quantitative estimate of drug-likeness (QED) is 0.0460. The van der Waals surface area contributed by atoms with Crippen molar-refractivity contribution in [1.82, 2.24) is 32.8 Å². The largest absolute Gasteiger partial charge is 0.480 e. The fourth-order valence-electron chi connectivity index (χ4n) is 13.2. The van der Waals surface area contributed by atoms with Crippen molar-refractivity contribution in [3.05, 3.63) is 208 Å². The van der Waals surface area contributed by atoms with E-state index in [1.165, 1.54) is 91.4 Å². The number of aromatic nitrogens is 3. The number of sulfonamides is 3. The van der Waals surface area contributed by atoms with Crippen LogP contribution in [0.3, 0.4) is 0 Å². The van der Waals surface area contributed by atoms with Crippen molar-refractivity contribution in [1.29, 1.82) is 0 Å². The van der Waals surface area contributed by atoms with Crippen LogP contribution in [0.5, 0.6) is 0 Å². The zero-order valence-electron chi connectivity index (χ0n) is 62.7. The number of morpholine rings is 1. The molecule has 118 heavy (non-hydrogen) atoms. The topological polar surface area (TPSA) is 401 Å². The molecule has 0 aliphatic carbocycles. The van der Waals surface area contributed by atoms with Crippen molar-refractivity contribution in [2.45, 2.75) is 52.1 Å². The van der Waals surface area contributed by atoms with E-state index in [4.69, 9.17) is 39.5 Å². The van der Waals surface area contributed by atoms with Crippen LogP contribution in [-0.4, -0.2) is 232 Å². The maximum Gasteiger partial charge on any atom is 0.318 e. The van der Waals surface area contributed by atoms with E-state index in [0.29, 0.717) is 121 Å².